The second-order valence-electron chi connectivity index (χ2n) is 5.99. The average Bonchev–Trinajstić information content (AvgIpc) is 2.55. The SMILES string of the molecule is CCCCNCC(=O)c1cc(S(=O)(=O)O)cc2cc(S(=O)(=O)O)cc(N)c12. The normalized spacial score (nSPS) is 12.4. The van der Waals surface area contributed by atoms with Gasteiger partial charge in [0.25, 0.3) is 20.2 Å². The number of carbonyl (C=O) groups is 1. The highest BCUT2D eigenvalue weighted by molar-refractivity contribution is 7.86. The Balaban J connectivity index is 2.68. The zero-order valence-electron chi connectivity index (χ0n) is 14.5. The van der Waals surface area contributed by atoms with Crippen molar-refractivity contribution < 1.29 is 30.7 Å². The lowest BCUT2D eigenvalue weighted by Crippen LogP contribution is -2.24. The molecule has 0 aliphatic heterocycles. The van der Waals surface area contributed by atoms with E-state index in [1.54, 1.807) is 0 Å². The lowest BCUT2D eigenvalue weighted by molar-refractivity contribution is 0.0992. The number of anilines is 1. The molecule has 0 unspecified atom stereocenters. The molecule has 11 heteroatoms. The molecule has 9 nitrogen and oxygen atoms in total. The predicted molar refractivity (Wildman–Crippen MR) is 100 cm³/mol. The van der Waals surface area contributed by atoms with Gasteiger partial charge in [-0.1, -0.05) is 13.3 Å². The number of nitrogens with two attached hydrogens (primary N) is 1. The number of nitrogen functional groups attached to an aromatic ring is 1. The molecule has 0 fully saturated rings. The minimum atomic E-state index is -4.67. The van der Waals surface area contributed by atoms with Gasteiger partial charge in [0.05, 0.1) is 16.3 Å². The average molecular weight is 416 g/mol. The Bertz CT molecular complexity index is 1090. The van der Waals surface area contributed by atoms with Crippen LogP contribution in [-0.2, 0) is 20.2 Å². The summed E-state index contributed by atoms with van der Waals surface area (Å²) in [6.07, 6.45) is 1.77. The Morgan fingerprint density at radius 3 is 2.11 bits per heavy atom. The van der Waals surface area contributed by atoms with Crippen molar-refractivity contribution in [3.8, 4) is 0 Å². The van der Waals surface area contributed by atoms with Gasteiger partial charge in [-0.2, -0.15) is 16.8 Å². The van der Waals surface area contributed by atoms with Crippen LogP contribution in [0, 0.1) is 0 Å². The van der Waals surface area contributed by atoms with E-state index in [1.807, 2.05) is 6.92 Å². The molecule has 0 saturated heterocycles. The minimum absolute atomic E-state index is 0.0188. The first-order chi connectivity index (χ1) is 12.4. The van der Waals surface area contributed by atoms with Gasteiger partial charge in [-0.15, -0.1) is 0 Å². The summed E-state index contributed by atoms with van der Waals surface area (Å²) in [6, 6.07) is 3.94. The first-order valence-corrected chi connectivity index (χ1v) is 10.9. The summed E-state index contributed by atoms with van der Waals surface area (Å²) in [5.41, 5.74) is 5.66. The van der Waals surface area contributed by atoms with E-state index < -0.39 is 35.8 Å². The zero-order valence-corrected chi connectivity index (χ0v) is 16.1. The van der Waals surface area contributed by atoms with Crippen LogP contribution in [0.4, 0.5) is 5.69 Å². The number of benzene rings is 2. The van der Waals surface area contributed by atoms with Gasteiger partial charge in [0.1, 0.15) is 0 Å². The van der Waals surface area contributed by atoms with Crippen molar-refractivity contribution in [2.24, 2.45) is 0 Å². The van der Waals surface area contributed by atoms with E-state index in [0.717, 1.165) is 37.1 Å². The molecule has 2 aromatic rings. The van der Waals surface area contributed by atoms with Crippen molar-refractivity contribution in [2.75, 3.05) is 18.8 Å². The molecule has 0 atom stereocenters. The summed E-state index contributed by atoms with van der Waals surface area (Å²) in [5.74, 6) is -0.479. The number of nitrogens with one attached hydrogen (secondary N) is 1. The molecule has 148 valence electrons. The Morgan fingerprint density at radius 1 is 1.04 bits per heavy atom. The molecule has 27 heavy (non-hydrogen) atoms. The van der Waals surface area contributed by atoms with E-state index in [4.69, 9.17) is 5.73 Å². The van der Waals surface area contributed by atoms with E-state index in [2.05, 4.69) is 5.32 Å². The van der Waals surface area contributed by atoms with E-state index in [-0.39, 0.29) is 28.6 Å². The highest BCUT2D eigenvalue weighted by Gasteiger charge is 2.21. The molecule has 0 amide bonds. The van der Waals surface area contributed by atoms with Gasteiger partial charge in [-0.3, -0.25) is 13.9 Å². The molecule has 2 aromatic carbocycles. The maximum Gasteiger partial charge on any atom is 0.294 e. The van der Waals surface area contributed by atoms with Crippen LogP contribution in [0.25, 0.3) is 10.8 Å². The fourth-order valence-corrected chi connectivity index (χ4v) is 3.70. The summed E-state index contributed by atoms with van der Waals surface area (Å²) < 4.78 is 64.4. The van der Waals surface area contributed by atoms with Crippen molar-refractivity contribution in [3.05, 3.63) is 29.8 Å². The molecule has 0 aromatic heterocycles. The largest absolute Gasteiger partial charge is 0.398 e. The molecule has 5 N–H and O–H groups in total. The van der Waals surface area contributed by atoms with Crippen LogP contribution in [0.1, 0.15) is 30.1 Å². The highest BCUT2D eigenvalue weighted by atomic mass is 32.2. The fraction of sp³-hybridized carbons (Fsp3) is 0.312. The van der Waals surface area contributed by atoms with E-state index in [9.17, 15) is 30.7 Å². The maximum absolute atomic E-state index is 12.6. The maximum atomic E-state index is 12.6. The highest BCUT2D eigenvalue weighted by Crippen LogP contribution is 2.31. The molecule has 0 spiro atoms. The smallest absolute Gasteiger partial charge is 0.294 e. The Hall–Kier alpha value is -2.05. The van der Waals surface area contributed by atoms with Crippen molar-refractivity contribution in [3.63, 3.8) is 0 Å². The summed E-state index contributed by atoms with van der Waals surface area (Å²) in [5, 5.41) is 3.04. The van der Waals surface area contributed by atoms with Gasteiger partial charge in [-0.05, 0) is 42.6 Å². The van der Waals surface area contributed by atoms with E-state index >= 15 is 0 Å². The second-order valence-corrected chi connectivity index (χ2v) is 8.83. The summed E-state index contributed by atoms with van der Waals surface area (Å²) in [6.45, 7) is 2.48. The van der Waals surface area contributed by atoms with Crippen LogP contribution in [-0.4, -0.2) is 44.8 Å². The summed E-state index contributed by atoms with van der Waals surface area (Å²) >= 11 is 0. The first-order valence-electron chi connectivity index (χ1n) is 8.01. The number of rotatable bonds is 8. The number of hydrogen-bond acceptors (Lipinski definition) is 7. The number of hydrogen-bond donors (Lipinski definition) is 4. The zero-order chi connectivity index (χ0) is 20.4. The van der Waals surface area contributed by atoms with Crippen LogP contribution in [0.5, 0.6) is 0 Å². The summed E-state index contributed by atoms with van der Waals surface area (Å²) in [7, 11) is -9.27. The number of ketones is 1. The number of unbranched alkanes of at least 4 members (excludes halogenated alkanes) is 1. The topological polar surface area (TPSA) is 164 Å². The van der Waals surface area contributed by atoms with Crippen molar-refractivity contribution in [1.82, 2.24) is 5.32 Å². The second kappa shape index (κ2) is 7.90. The van der Waals surface area contributed by atoms with E-state index in [0.29, 0.717) is 6.54 Å². The standard InChI is InChI=1S/C16H20N2O7S2/c1-2-3-4-18-9-15(19)13-7-11(26(20,21)22)5-10-6-12(27(23,24)25)8-14(17)16(10)13/h5-8,18H,2-4,9,17H2,1H3,(H,20,21,22)(H,23,24,25). The van der Waals surface area contributed by atoms with E-state index in [1.165, 1.54) is 0 Å². The first kappa shape index (κ1) is 21.3. The monoisotopic (exact) mass is 416 g/mol. The quantitative estimate of drug-likeness (QED) is 0.216. The Labute approximate surface area is 157 Å². The molecular formula is C16H20N2O7S2. The van der Waals surface area contributed by atoms with Crippen molar-refractivity contribution >= 4 is 42.5 Å². The molecule has 2 rings (SSSR count). The molecular weight excluding hydrogens is 396 g/mol. The van der Waals surface area contributed by atoms with Crippen LogP contribution in [0.15, 0.2) is 34.1 Å². The van der Waals surface area contributed by atoms with Crippen molar-refractivity contribution in [2.45, 2.75) is 29.6 Å². The van der Waals surface area contributed by atoms with Gasteiger partial charge in [0.2, 0.25) is 0 Å². The molecule has 0 aliphatic rings. The van der Waals surface area contributed by atoms with Crippen LogP contribution in [0.3, 0.4) is 0 Å². The number of carbonyl (C=O) groups excluding carboxylic acids is 1. The van der Waals surface area contributed by atoms with Gasteiger partial charge >= 0.3 is 0 Å². The van der Waals surface area contributed by atoms with Gasteiger partial charge in [-0.25, -0.2) is 0 Å². The van der Waals surface area contributed by atoms with Gasteiger partial charge < -0.3 is 11.1 Å². The van der Waals surface area contributed by atoms with Crippen LogP contribution < -0.4 is 11.1 Å². The lowest BCUT2D eigenvalue weighted by atomic mass is 9.99. The third kappa shape index (κ3) is 5.02. The minimum Gasteiger partial charge on any atom is -0.398 e. The third-order valence-corrected chi connectivity index (χ3v) is 5.58. The predicted octanol–water partition coefficient (Wildman–Crippen LogP) is 1.49. The van der Waals surface area contributed by atoms with Crippen molar-refractivity contribution in [1.29, 1.82) is 0 Å². The molecule has 0 bridgehead atoms. The molecule has 0 heterocycles. The van der Waals surface area contributed by atoms with Crippen LogP contribution >= 0.6 is 0 Å². The lowest BCUT2D eigenvalue weighted by Gasteiger charge is -2.12. The molecule has 0 aliphatic carbocycles. The Kier molecular flexibility index (Phi) is 6.22. The fourth-order valence-electron chi connectivity index (χ4n) is 2.61. The number of fused-ring (bicyclic) bond motifs is 1. The van der Waals surface area contributed by atoms with Gasteiger partial charge in [0, 0.05) is 16.6 Å². The Morgan fingerprint density at radius 2 is 1.59 bits per heavy atom. The van der Waals surface area contributed by atoms with Gasteiger partial charge in [0.15, 0.2) is 5.78 Å². The summed E-state index contributed by atoms with van der Waals surface area (Å²) in [4.78, 5) is 11.4. The molecule has 0 radical (unpaired) electrons. The molecule has 0 saturated carbocycles. The third-order valence-electron chi connectivity index (χ3n) is 3.92. The number of Topliss-reactive ketones (excluding diaryl/α,β-unsaturated/α-hetero) is 1. The van der Waals surface area contributed by atoms with Crippen LogP contribution in [0.2, 0.25) is 0 Å².